The quantitative estimate of drug-likeness (QED) is 0.584. The van der Waals surface area contributed by atoms with Crippen LogP contribution in [0.25, 0.3) is 0 Å². The first-order valence-corrected chi connectivity index (χ1v) is 5.44. The van der Waals surface area contributed by atoms with E-state index in [1.165, 1.54) is 38.5 Å². The molecule has 0 aliphatic rings. The molecular formula is C11H25N. The highest BCUT2D eigenvalue weighted by Crippen LogP contribution is 2.35. The first-order chi connectivity index (χ1) is 5.74. The monoisotopic (exact) mass is 171 g/mol. The number of hydrogen-bond acceptors (Lipinski definition) is 1. The highest BCUT2D eigenvalue weighted by atomic mass is 14.5. The zero-order valence-electron chi connectivity index (χ0n) is 9.03. The van der Waals surface area contributed by atoms with Crippen molar-refractivity contribution >= 4 is 0 Å². The molecular weight excluding hydrogens is 146 g/mol. The maximum Gasteiger partial charge on any atom is -0.00773 e. The largest absolute Gasteiger partial charge is 0.330 e. The summed E-state index contributed by atoms with van der Waals surface area (Å²) < 4.78 is 0. The number of nitrogens with two attached hydrogens (primary N) is 1. The third-order valence-corrected chi connectivity index (χ3v) is 3.41. The topological polar surface area (TPSA) is 26.0 Å². The second kappa shape index (κ2) is 6.47. The van der Waals surface area contributed by atoms with Crippen molar-refractivity contribution in [3.05, 3.63) is 0 Å². The van der Waals surface area contributed by atoms with Gasteiger partial charge in [-0.2, -0.15) is 0 Å². The van der Waals surface area contributed by atoms with Crippen LogP contribution in [0, 0.1) is 5.41 Å². The molecule has 0 aromatic heterocycles. The maximum absolute atomic E-state index is 5.48. The first kappa shape index (κ1) is 12.0. The van der Waals surface area contributed by atoms with Crippen LogP contribution in [-0.2, 0) is 0 Å². The first-order valence-electron chi connectivity index (χ1n) is 5.44. The van der Waals surface area contributed by atoms with Crippen LogP contribution in [0.3, 0.4) is 0 Å². The van der Waals surface area contributed by atoms with E-state index in [-0.39, 0.29) is 0 Å². The van der Waals surface area contributed by atoms with E-state index in [1.807, 2.05) is 0 Å². The predicted molar refractivity (Wildman–Crippen MR) is 56.2 cm³/mol. The van der Waals surface area contributed by atoms with Gasteiger partial charge in [0.15, 0.2) is 0 Å². The number of hydrogen-bond donors (Lipinski definition) is 1. The number of rotatable bonds is 7. The van der Waals surface area contributed by atoms with Gasteiger partial charge in [-0.1, -0.05) is 46.5 Å². The Hall–Kier alpha value is -0.0400. The molecule has 74 valence electrons. The summed E-state index contributed by atoms with van der Waals surface area (Å²) in [4.78, 5) is 0. The van der Waals surface area contributed by atoms with E-state index in [0.717, 1.165) is 6.54 Å². The van der Waals surface area contributed by atoms with Crippen LogP contribution >= 0.6 is 0 Å². The predicted octanol–water partition coefficient (Wildman–Crippen LogP) is 3.33. The van der Waals surface area contributed by atoms with Gasteiger partial charge in [0.2, 0.25) is 0 Å². The molecule has 0 aliphatic heterocycles. The molecule has 0 bridgehead atoms. The lowest BCUT2D eigenvalue weighted by molar-refractivity contribution is 0.221. The molecule has 2 N–H and O–H groups in total. The molecule has 0 spiro atoms. The molecule has 0 aromatic carbocycles. The van der Waals surface area contributed by atoms with E-state index in [2.05, 4.69) is 20.8 Å². The molecule has 0 atom stereocenters. The summed E-state index contributed by atoms with van der Waals surface area (Å²) in [7, 11) is 0. The molecule has 1 nitrogen and oxygen atoms in total. The van der Waals surface area contributed by atoms with Crippen molar-refractivity contribution in [3.63, 3.8) is 0 Å². The Labute approximate surface area is 77.7 Å². The van der Waals surface area contributed by atoms with Crippen molar-refractivity contribution in [2.75, 3.05) is 6.54 Å². The van der Waals surface area contributed by atoms with Crippen molar-refractivity contribution in [1.29, 1.82) is 0 Å². The van der Waals surface area contributed by atoms with E-state index in [0.29, 0.717) is 5.41 Å². The number of unbranched alkanes of at least 4 members (excludes halogenated alkanes) is 1. The minimum absolute atomic E-state index is 0.620. The fourth-order valence-electron chi connectivity index (χ4n) is 1.92. The van der Waals surface area contributed by atoms with Gasteiger partial charge in [0.1, 0.15) is 0 Å². The van der Waals surface area contributed by atoms with Gasteiger partial charge >= 0.3 is 0 Å². The van der Waals surface area contributed by atoms with Crippen molar-refractivity contribution in [3.8, 4) is 0 Å². The van der Waals surface area contributed by atoms with Gasteiger partial charge < -0.3 is 5.73 Å². The summed E-state index contributed by atoms with van der Waals surface area (Å²) >= 11 is 0. The minimum Gasteiger partial charge on any atom is -0.330 e. The highest BCUT2D eigenvalue weighted by molar-refractivity contribution is 4.74. The second-order valence-corrected chi connectivity index (χ2v) is 3.81. The van der Waals surface area contributed by atoms with E-state index >= 15 is 0 Å². The standard InChI is InChI=1S/C11H25N/c1-4-11(5-2,6-3)9-7-8-10-12/h4-10,12H2,1-3H3. The lowest BCUT2D eigenvalue weighted by atomic mass is 9.76. The maximum atomic E-state index is 5.48. The van der Waals surface area contributed by atoms with Gasteiger partial charge in [0.25, 0.3) is 0 Å². The summed E-state index contributed by atoms with van der Waals surface area (Å²) in [6.07, 6.45) is 7.85. The average molecular weight is 171 g/mol. The zero-order chi connectivity index (χ0) is 9.45. The van der Waals surface area contributed by atoms with Crippen LogP contribution in [0.1, 0.15) is 59.3 Å². The minimum atomic E-state index is 0.620. The van der Waals surface area contributed by atoms with Crippen LogP contribution in [-0.4, -0.2) is 6.54 Å². The van der Waals surface area contributed by atoms with Crippen LogP contribution in [0.4, 0.5) is 0 Å². The van der Waals surface area contributed by atoms with E-state index in [9.17, 15) is 0 Å². The Kier molecular flexibility index (Phi) is 6.45. The van der Waals surface area contributed by atoms with Crippen molar-refractivity contribution < 1.29 is 0 Å². The van der Waals surface area contributed by atoms with E-state index in [1.54, 1.807) is 0 Å². The molecule has 0 amide bonds. The summed E-state index contributed by atoms with van der Waals surface area (Å²) in [6.45, 7) is 7.80. The molecule has 0 rings (SSSR count). The average Bonchev–Trinajstić information content (AvgIpc) is 2.14. The van der Waals surface area contributed by atoms with E-state index < -0.39 is 0 Å². The molecule has 0 heterocycles. The normalized spacial score (nSPS) is 12.0. The lowest BCUT2D eigenvalue weighted by Crippen LogP contribution is -2.17. The third-order valence-electron chi connectivity index (χ3n) is 3.41. The lowest BCUT2D eigenvalue weighted by Gasteiger charge is -2.30. The fraction of sp³-hybridized carbons (Fsp3) is 1.00. The molecule has 0 aromatic rings. The van der Waals surface area contributed by atoms with E-state index in [4.69, 9.17) is 5.73 Å². The van der Waals surface area contributed by atoms with Gasteiger partial charge in [0, 0.05) is 0 Å². The summed E-state index contributed by atoms with van der Waals surface area (Å²) in [5.41, 5.74) is 6.10. The SMILES string of the molecule is CCC(CC)(CC)CCCCN. The summed E-state index contributed by atoms with van der Waals surface area (Å²) in [6, 6.07) is 0. The zero-order valence-corrected chi connectivity index (χ0v) is 9.03. The Bertz CT molecular complexity index is 86.9. The van der Waals surface area contributed by atoms with Crippen LogP contribution in [0.2, 0.25) is 0 Å². The van der Waals surface area contributed by atoms with Crippen LogP contribution < -0.4 is 5.73 Å². The molecule has 1 heteroatoms. The molecule has 12 heavy (non-hydrogen) atoms. The van der Waals surface area contributed by atoms with Gasteiger partial charge in [-0.05, 0) is 24.8 Å². The Morgan fingerprint density at radius 2 is 1.42 bits per heavy atom. The second-order valence-electron chi connectivity index (χ2n) is 3.81. The van der Waals surface area contributed by atoms with Gasteiger partial charge in [-0.15, -0.1) is 0 Å². The van der Waals surface area contributed by atoms with Gasteiger partial charge in [-0.25, -0.2) is 0 Å². The van der Waals surface area contributed by atoms with Gasteiger partial charge in [0.05, 0.1) is 0 Å². The highest BCUT2D eigenvalue weighted by Gasteiger charge is 2.22. The third kappa shape index (κ3) is 3.57. The van der Waals surface area contributed by atoms with Crippen LogP contribution in [0.5, 0.6) is 0 Å². The van der Waals surface area contributed by atoms with Crippen molar-refractivity contribution in [2.24, 2.45) is 11.1 Å². The Balaban J connectivity index is 3.76. The Morgan fingerprint density at radius 1 is 0.917 bits per heavy atom. The summed E-state index contributed by atoms with van der Waals surface area (Å²) in [5, 5.41) is 0. The molecule has 0 saturated heterocycles. The smallest absolute Gasteiger partial charge is 0.00773 e. The molecule has 0 radical (unpaired) electrons. The molecule has 0 saturated carbocycles. The van der Waals surface area contributed by atoms with Crippen molar-refractivity contribution in [1.82, 2.24) is 0 Å². The Morgan fingerprint density at radius 3 is 1.75 bits per heavy atom. The van der Waals surface area contributed by atoms with Crippen molar-refractivity contribution in [2.45, 2.75) is 59.3 Å². The summed E-state index contributed by atoms with van der Waals surface area (Å²) in [5.74, 6) is 0. The van der Waals surface area contributed by atoms with Crippen LogP contribution in [0.15, 0.2) is 0 Å². The molecule has 0 unspecified atom stereocenters. The van der Waals surface area contributed by atoms with Gasteiger partial charge in [-0.3, -0.25) is 0 Å². The molecule has 0 fully saturated rings. The fourth-order valence-corrected chi connectivity index (χ4v) is 1.92. The molecule has 0 aliphatic carbocycles.